The van der Waals surface area contributed by atoms with Gasteiger partial charge in [-0.25, -0.2) is 4.68 Å². The van der Waals surface area contributed by atoms with Crippen LogP contribution in [0.15, 0.2) is 103 Å². The number of fused-ring (bicyclic) bond motifs is 1. The molecule has 4 aromatic carbocycles. The van der Waals surface area contributed by atoms with E-state index in [1.807, 2.05) is 28.9 Å². The number of hydrogen-bond acceptors (Lipinski definition) is 2. The highest BCUT2D eigenvalue weighted by molar-refractivity contribution is 5.98. The van der Waals surface area contributed by atoms with Crippen LogP contribution in [0.25, 0.3) is 33.3 Å². The molecule has 28 heavy (non-hydrogen) atoms. The molecule has 0 amide bonds. The number of hydrogen-bond donors (Lipinski definition) is 0. The zero-order valence-electron chi connectivity index (χ0n) is 15.4. The Labute approximate surface area is 163 Å². The van der Waals surface area contributed by atoms with Gasteiger partial charge < -0.3 is 0 Å². The first-order valence-electron chi connectivity index (χ1n) is 9.41. The van der Waals surface area contributed by atoms with E-state index in [0.29, 0.717) is 6.54 Å². The van der Waals surface area contributed by atoms with E-state index in [4.69, 9.17) is 0 Å². The second kappa shape index (κ2) is 7.12. The highest BCUT2D eigenvalue weighted by Gasteiger charge is 2.18. The molecule has 0 atom stereocenters. The Morgan fingerprint density at radius 1 is 0.643 bits per heavy atom. The molecule has 0 bridgehead atoms. The maximum atomic E-state index is 4.58. The van der Waals surface area contributed by atoms with Crippen LogP contribution >= 0.6 is 0 Å². The third kappa shape index (κ3) is 2.97. The fourth-order valence-electron chi connectivity index (χ4n) is 3.67. The summed E-state index contributed by atoms with van der Waals surface area (Å²) in [6.45, 7) is 0.680. The summed E-state index contributed by atoms with van der Waals surface area (Å²) < 4.78 is 2.01. The van der Waals surface area contributed by atoms with Crippen LogP contribution in [0.2, 0.25) is 0 Å². The molecule has 3 heteroatoms. The van der Waals surface area contributed by atoms with Gasteiger partial charge in [-0.15, -0.1) is 5.10 Å². The first-order chi connectivity index (χ1) is 13.9. The van der Waals surface area contributed by atoms with Crippen LogP contribution in [0.5, 0.6) is 0 Å². The minimum Gasteiger partial charge on any atom is -0.240 e. The summed E-state index contributed by atoms with van der Waals surface area (Å²) in [7, 11) is 0. The Morgan fingerprint density at radius 2 is 1.32 bits per heavy atom. The molecule has 0 saturated heterocycles. The number of benzene rings is 4. The van der Waals surface area contributed by atoms with Crippen molar-refractivity contribution in [1.29, 1.82) is 0 Å². The molecule has 134 valence electrons. The van der Waals surface area contributed by atoms with E-state index in [1.165, 1.54) is 16.3 Å². The molecule has 5 rings (SSSR count). The minimum atomic E-state index is 0.680. The lowest BCUT2D eigenvalue weighted by Crippen LogP contribution is -2.04. The molecular formula is C25H19N3. The van der Waals surface area contributed by atoms with Crippen LogP contribution < -0.4 is 0 Å². The molecule has 0 fully saturated rings. The van der Waals surface area contributed by atoms with Gasteiger partial charge in [-0.05, 0) is 16.3 Å². The summed E-state index contributed by atoms with van der Waals surface area (Å²) in [4.78, 5) is 0. The minimum absolute atomic E-state index is 0.680. The smallest absolute Gasteiger partial charge is 0.121 e. The summed E-state index contributed by atoms with van der Waals surface area (Å²) in [6, 6.07) is 35.6. The topological polar surface area (TPSA) is 30.7 Å². The predicted molar refractivity (Wildman–Crippen MR) is 114 cm³/mol. The Hall–Kier alpha value is -3.72. The first-order valence-corrected chi connectivity index (χ1v) is 9.41. The molecule has 0 aliphatic carbocycles. The Balaban J connectivity index is 1.75. The lowest BCUT2D eigenvalue weighted by molar-refractivity contribution is 0.656. The Morgan fingerprint density at radius 3 is 2.14 bits per heavy atom. The van der Waals surface area contributed by atoms with Crippen LogP contribution in [-0.4, -0.2) is 15.0 Å². The second-order valence-corrected chi connectivity index (χ2v) is 6.82. The van der Waals surface area contributed by atoms with Crippen molar-refractivity contribution in [2.45, 2.75) is 6.54 Å². The average molecular weight is 361 g/mol. The van der Waals surface area contributed by atoms with Crippen LogP contribution in [-0.2, 0) is 6.54 Å². The highest BCUT2D eigenvalue weighted by atomic mass is 15.4. The lowest BCUT2D eigenvalue weighted by Gasteiger charge is -2.11. The van der Waals surface area contributed by atoms with Gasteiger partial charge in [0.15, 0.2) is 0 Å². The number of nitrogens with zero attached hydrogens (tertiary/aromatic N) is 3. The van der Waals surface area contributed by atoms with Crippen LogP contribution in [0.4, 0.5) is 0 Å². The van der Waals surface area contributed by atoms with E-state index in [-0.39, 0.29) is 0 Å². The third-order valence-electron chi connectivity index (χ3n) is 5.00. The summed E-state index contributed by atoms with van der Waals surface area (Å²) in [6.07, 6.45) is 0. The summed E-state index contributed by atoms with van der Waals surface area (Å²) in [5, 5.41) is 11.5. The normalized spacial score (nSPS) is 11.0. The number of rotatable bonds is 4. The van der Waals surface area contributed by atoms with Gasteiger partial charge in [-0.1, -0.05) is 108 Å². The first kappa shape index (κ1) is 16.5. The van der Waals surface area contributed by atoms with Crippen LogP contribution in [0.3, 0.4) is 0 Å². The quantitative estimate of drug-likeness (QED) is 0.404. The van der Waals surface area contributed by atoms with Gasteiger partial charge in [0, 0.05) is 11.1 Å². The molecule has 0 spiro atoms. The molecule has 0 N–H and O–H groups in total. The van der Waals surface area contributed by atoms with Crippen molar-refractivity contribution in [3.05, 3.63) is 109 Å². The second-order valence-electron chi connectivity index (χ2n) is 6.82. The van der Waals surface area contributed by atoms with Crippen molar-refractivity contribution >= 4 is 10.8 Å². The molecule has 0 aliphatic rings. The Bertz CT molecular complexity index is 1220. The van der Waals surface area contributed by atoms with E-state index in [2.05, 4.69) is 89.2 Å². The highest BCUT2D eigenvalue weighted by Crippen LogP contribution is 2.35. The van der Waals surface area contributed by atoms with Crippen molar-refractivity contribution in [3.63, 3.8) is 0 Å². The third-order valence-corrected chi connectivity index (χ3v) is 5.00. The van der Waals surface area contributed by atoms with Crippen LogP contribution in [0, 0.1) is 0 Å². The summed E-state index contributed by atoms with van der Waals surface area (Å²) in [5.74, 6) is 0. The zero-order valence-corrected chi connectivity index (χ0v) is 15.4. The fraction of sp³-hybridized carbons (Fsp3) is 0.0400. The van der Waals surface area contributed by atoms with Crippen molar-refractivity contribution in [1.82, 2.24) is 15.0 Å². The van der Waals surface area contributed by atoms with Gasteiger partial charge in [0.25, 0.3) is 0 Å². The van der Waals surface area contributed by atoms with Crippen molar-refractivity contribution in [2.75, 3.05) is 0 Å². The SMILES string of the molecule is c1ccc(Cn2nnc(-c3ccccc3)c2-c2cccc3ccccc23)cc1. The molecule has 0 saturated carbocycles. The lowest BCUT2D eigenvalue weighted by atomic mass is 9.98. The van der Waals surface area contributed by atoms with Crippen molar-refractivity contribution in [3.8, 4) is 22.5 Å². The molecule has 5 aromatic rings. The summed E-state index contributed by atoms with van der Waals surface area (Å²) in [5.41, 5.74) is 5.39. The zero-order chi connectivity index (χ0) is 18.8. The fourth-order valence-corrected chi connectivity index (χ4v) is 3.67. The monoisotopic (exact) mass is 361 g/mol. The molecule has 0 aliphatic heterocycles. The maximum Gasteiger partial charge on any atom is 0.121 e. The van der Waals surface area contributed by atoms with Gasteiger partial charge in [0.05, 0.1) is 12.2 Å². The van der Waals surface area contributed by atoms with Gasteiger partial charge in [-0.3, -0.25) is 0 Å². The molecule has 1 heterocycles. The van der Waals surface area contributed by atoms with E-state index < -0.39 is 0 Å². The van der Waals surface area contributed by atoms with Gasteiger partial charge >= 0.3 is 0 Å². The van der Waals surface area contributed by atoms with E-state index in [9.17, 15) is 0 Å². The van der Waals surface area contributed by atoms with E-state index >= 15 is 0 Å². The molecular weight excluding hydrogens is 342 g/mol. The van der Waals surface area contributed by atoms with E-state index in [0.717, 1.165) is 22.5 Å². The number of aromatic nitrogens is 3. The predicted octanol–water partition coefficient (Wildman–Crippen LogP) is 5.81. The van der Waals surface area contributed by atoms with Crippen molar-refractivity contribution in [2.24, 2.45) is 0 Å². The average Bonchev–Trinajstić information content (AvgIpc) is 3.18. The van der Waals surface area contributed by atoms with Gasteiger partial charge in [-0.2, -0.15) is 0 Å². The van der Waals surface area contributed by atoms with Gasteiger partial charge in [0.2, 0.25) is 0 Å². The molecule has 3 nitrogen and oxygen atoms in total. The van der Waals surface area contributed by atoms with Gasteiger partial charge in [0.1, 0.15) is 5.69 Å². The Kier molecular flexibility index (Phi) is 4.19. The summed E-state index contributed by atoms with van der Waals surface area (Å²) >= 11 is 0. The largest absolute Gasteiger partial charge is 0.240 e. The van der Waals surface area contributed by atoms with Crippen molar-refractivity contribution < 1.29 is 0 Å². The molecule has 0 radical (unpaired) electrons. The van der Waals surface area contributed by atoms with E-state index in [1.54, 1.807) is 0 Å². The van der Waals surface area contributed by atoms with Crippen LogP contribution in [0.1, 0.15) is 5.56 Å². The maximum absolute atomic E-state index is 4.58. The molecule has 1 aromatic heterocycles. The molecule has 0 unspecified atom stereocenters. The standard InChI is InChI=1S/C25H19N3/c1-3-10-19(11-4-1)18-28-25(24(26-27-28)21-13-5-2-6-14-21)23-17-9-15-20-12-7-8-16-22(20)23/h1-17H,18H2.